The van der Waals surface area contributed by atoms with Gasteiger partial charge in [-0.15, -0.1) is 0 Å². The summed E-state index contributed by atoms with van der Waals surface area (Å²) >= 11 is 0. The highest BCUT2D eigenvalue weighted by molar-refractivity contribution is 5.86. The molecule has 0 radical (unpaired) electrons. The highest BCUT2D eigenvalue weighted by atomic mass is 16.6. The van der Waals surface area contributed by atoms with E-state index >= 15 is 0 Å². The van der Waals surface area contributed by atoms with Crippen molar-refractivity contribution < 1.29 is 23.9 Å². The van der Waals surface area contributed by atoms with Crippen LogP contribution in [-0.4, -0.2) is 29.6 Å². The van der Waals surface area contributed by atoms with Crippen molar-refractivity contribution in [3.8, 4) is 0 Å². The van der Waals surface area contributed by atoms with Gasteiger partial charge in [-0.05, 0) is 38.3 Å². The molecule has 0 aliphatic carbocycles. The molecular formula is C24H30N2O5. The van der Waals surface area contributed by atoms with Crippen molar-refractivity contribution in [1.29, 1.82) is 0 Å². The lowest BCUT2D eigenvalue weighted by atomic mass is 10.1. The van der Waals surface area contributed by atoms with Crippen LogP contribution in [0.25, 0.3) is 0 Å². The largest absolute Gasteiger partial charge is 0.461 e. The number of carbonyl (C=O) groups is 3. The van der Waals surface area contributed by atoms with Crippen LogP contribution >= 0.6 is 0 Å². The van der Waals surface area contributed by atoms with E-state index in [1.807, 2.05) is 60.7 Å². The Hall–Kier alpha value is -3.35. The van der Waals surface area contributed by atoms with Gasteiger partial charge < -0.3 is 20.1 Å². The molecule has 0 spiro atoms. The topological polar surface area (TPSA) is 93.7 Å². The Bertz CT molecular complexity index is 847. The fourth-order valence-corrected chi connectivity index (χ4v) is 2.70. The van der Waals surface area contributed by atoms with Gasteiger partial charge in [-0.1, -0.05) is 60.7 Å². The van der Waals surface area contributed by atoms with Gasteiger partial charge in [0.05, 0.1) is 0 Å². The number of carbonyl (C=O) groups excluding carboxylic acids is 3. The van der Waals surface area contributed by atoms with Crippen LogP contribution < -0.4 is 10.6 Å². The summed E-state index contributed by atoms with van der Waals surface area (Å²) < 4.78 is 10.5. The van der Waals surface area contributed by atoms with E-state index in [0.717, 1.165) is 11.1 Å². The third-order valence-corrected chi connectivity index (χ3v) is 4.20. The van der Waals surface area contributed by atoms with Crippen molar-refractivity contribution in [3.63, 3.8) is 0 Å². The zero-order valence-corrected chi connectivity index (χ0v) is 18.2. The van der Waals surface area contributed by atoms with Crippen molar-refractivity contribution >= 4 is 18.0 Å². The summed E-state index contributed by atoms with van der Waals surface area (Å²) in [5.41, 5.74) is 1.10. The van der Waals surface area contributed by atoms with Gasteiger partial charge in [0, 0.05) is 13.0 Å². The van der Waals surface area contributed by atoms with E-state index < -0.39 is 29.6 Å². The molecule has 0 heterocycles. The van der Waals surface area contributed by atoms with Gasteiger partial charge in [-0.2, -0.15) is 0 Å². The van der Waals surface area contributed by atoms with Crippen molar-refractivity contribution in [3.05, 3.63) is 71.8 Å². The van der Waals surface area contributed by atoms with E-state index in [4.69, 9.17) is 9.47 Å². The van der Waals surface area contributed by atoms with Crippen LogP contribution in [0.5, 0.6) is 0 Å². The molecule has 7 heteroatoms. The number of hydrogen-bond acceptors (Lipinski definition) is 5. The summed E-state index contributed by atoms with van der Waals surface area (Å²) in [6.45, 7) is 5.67. The second-order valence-electron chi connectivity index (χ2n) is 8.09. The first-order valence-electron chi connectivity index (χ1n) is 10.2. The van der Waals surface area contributed by atoms with Crippen LogP contribution in [0.4, 0.5) is 4.79 Å². The van der Waals surface area contributed by atoms with Gasteiger partial charge in [0.1, 0.15) is 18.2 Å². The lowest BCUT2D eigenvalue weighted by molar-refractivity contribution is -0.145. The molecule has 0 unspecified atom stereocenters. The molecule has 0 aliphatic heterocycles. The molecule has 2 rings (SSSR count). The van der Waals surface area contributed by atoms with E-state index in [9.17, 15) is 14.4 Å². The van der Waals surface area contributed by atoms with E-state index in [2.05, 4.69) is 10.6 Å². The lowest BCUT2D eigenvalue weighted by Gasteiger charge is -2.23. The summed E-state index contributed by atoms with van der Waals surface area (Å²) in [4.78, 5) is 37.0. The number of amides is 2. The smallest absolute Gasteiger partial charge is 0.408 e. The first-order valence-corrected chi connectivity index (χ1v) is 10.2. The number of benzene rings is 2. The number of hydrogen-bond donors (Lipinski definition) is 2. The molecule has 0 bridgehead atoms. The fourth-order valence-electron chi connectivity index (χ4n) is 2.70. The predicted molar refractivity (Wildman–Crippen MR) is 117 cm³/mol. The van der Waals surface area contributed by atoms with Gasteiger partial charge in [-0.3, -0.25) is 9.59 Å². The molecule has 2 aromatic rings. The molecule has 166 valence electrons. The average molecular weight is 427 g/mol. The fraction of sp³-hybridized carbons (Fsp3) is 0.375. The second-order valence-corrected chi connectivity index (χ2v) is 8.09. The molecule has 0 aliphatic rings. The van der Waals surface area contributed by atoms with Crippen molar-refractivity contribution in [2.45, 2.75) is 58.4 Å². The Morgan fingerprint density at radius 3 is 2.06 bits per heavy atom. The lowest BCUT2D eigenvalue weighted by Crippen LogP contribution is -2.48. The van der Waals surface area contributed by atoms with Crippen LogP contribution in [0.3, 0.4) is 0 Å². The number of rotatable bonds is 9. The molecule has 2 amide bonds. The minimum absolute atomic E-state index is 0.0218. The zero-order valence-electron chi connectivity index (χ0n) is 18.2. The zero-order chi connectivity index (χ0) is 22.7. The number of ether oxygens (including phenoxy) is 2. The molecular weight excluding hydrogens is 396 g/mol. The van der Waals surface area contributed by atoms with E-state index in [-0.39, 0.29) is 19.4 Å². The van der Waals surface area contributed by atoms with E-state index in [0.29, 0.717) is 6.54 Å². The van der Waals surface area contributed by atoms with Gasteiger partial charge in [0.2, 0.25) is 5.91 Å². The predicted octanol–water partition coefficient (Wildman–Crippen LogP) is 3.72. The van der Waals surface area contributed by atoms with E-state index in [1.165, 1.54) is 0 Å². The maximum Gasteiger partial charge on any atom is 0.408 e. The number of nitrogens with one attached hydrogen (secondary N) is 2. The first kappa shape index (κ1) is 23.9. The Labute approximate surface area is 183 Å². The van der Waals surface area contributed by atoms with Crippen molar-refractivity contribution in [1.82, 2.24) is 10.6 Å². The minimum atomic E-state index is -0.928. The van der Waals surface area contributed by atoms with Crippen LogP contribution in [0.2, 0.25) is 0 Å². The monoisotopic (exact) mass is 426 g/mol. The van der Waals surface area contributed by atoms with Crippen molar-refractivity contribution in [2.75, 3.05) is 0 Å². The maximum atomic E-state index is 12.7. The highest BCUT2D eigenvalue weighted by Crippen LogP contribution is 2.09. The molecule has 0 saturated carbocycles. The molecule has 0 saturated heterocycles. The highest BCUT2D eigenvalue weighted by Gasteiger charge is 2.25. The molecule has 0 aromatic heterocycles. The third kappa shape index (κ3) is 9.80. The van der Waals surface area contributed by atoms with E-state index in [1.54, 1.807) is 20.8 Å². The van der Waals surface area contributed by atoms with Gasteiger partial charge in [0.25, 0.3) is 0 Å². The van der Waals surface area contributed by atoms with Gasteiger partial charge in [-0.25, -0.2) is 4.79 Å². The summed E-state index contributed by atoms with van der Waals surface area (Å²) in [6, 6.07) is 17.8. The van der Waals surface area contributed by atoms with Gasteiger partial charge in [0.15, 0.2) is 0 Å². The van der Waals surface area contributed by atoms with Crippen molar-refractivity contribution in [2.24, 2.45) is 0 Å². The summed E-state index contributed by atoms with van der Waals surface area (Å²) in [7, 11) is 0. The van der Waals surface area contributed by atoms with Gasteiger partial charge >= 0.3 is 12.1 Å². The second kappa shape index (κ2) is 11.7. The average Bonchev–Trinajstić information content (AvgIpc) is 2.73. The SMILES string of the molecule is CC(C)(C)OC(=O)N[C@@H](CCC(=O)OCc1ccccc1)C(=O)NCc1ccccc1. The third-order valence-electron chi connectivity index (χ3n) is 4.20. The van der Waals surface area contributed by atoms with Crippen LogP contribution in [0.15, 0.2) is 60.7 Å². The van der Waals surface area contributed by atoms with Crippen LogP contribution in [0, 0.1) is 0 Å². The Balaban J connectivity index is 1.91. The standard InChI is InChI=1S/C24H30N2O5/c1-24(2,3)31-23(29)26-20(22(28)25-16-18-10-6-4-7-11-18)14-15-21(27)30-17-19-12-8-5-9-13-19/h4-13,20H,14-17H2,1-3H3,(H,25,28)(H,26,29)/t20-/m0/s1. The maximum absolute atomic E-state index is 12.7. The molecule has 2 aromatic carbocycles. The normalized spacial score (nSPS) is 11.8. The Morgan fingerprint density at radius 1 is 0.903 bits per heavy atom. The number of esters is 1. The summed E-state index contributed by atoms with van der Waals surface area (Å²) in [6.07, 6.45) is -0.649. The molecule has 2 N–H and O–H groups in total. The van der Waals surface area contributed by atoms with Crippen LogP contribution in [0.1, 0.15) is 44.7 Å². The first-order chi connectivity index (χ1) is 14.7. The summed E-state index contributed by atoms with van der Waals surface area (Å²) in [5, 5.41) is 5.35. The molecule has 0 fully saturated rings. The molecule has 1 atom stereocenters. The Morgan fingerprint density at radius 2 is 1.48 bits per heavy atom. The molecule has 31 heavy (non-hydrogen) atoms. The summed E-state index contributed by atoms with van der Waals surface area (Å²) in [5.74, 6) is -0.846. The minimum Gasteiger partial charge on any atom is -0.461 e. The quantitative estimate of drug-likeness (QED) is 0.596. The Kier molecular flexibility index (Phi) is 9.06. The number of alkyl carbamates (subject to hydrolysis) is 1. The van der Waals surface area contributed by atoms with Crippen LogP contribution in [-0.2, 0) is 32.2 Å². The molecule has 7 nitrogen and oxygen atoms in total.